The van der Waals surface area contributed by atoms with Crippen molar-refractivity contribution < 1.29 is 4.79 Å². The lowest BCUT2D eigenvalue weighted by Gasteiger charge is -2.33. The first-order chi connectivity index (χ1) is 10.7. The van der Waals surface area contributed by atoms with Crippen molar-refractivity contribution in [1.82, 2.24) is 10.2 Å². The second-order valence-corrected chi connectivity index (χ2v) is 5.80. The van der Waals surface area contributed by atoms with E-state index in [1.165, 1.54) is 25.8 Å². The average molecular weight is 300 g/mol. The van der Waals surface area contributed by atoms with Gasteiger partial charge in [-0.1, -0.05) is 6.42 Å². The Bertz CT molecular complexity index is 520. The highest BCUT2D eigenvalue weighted by molar-refractivity contribution is 5.89. The summed E-state index contributed by atoms with van der Waals surface area (Å²) in [7, 11) is 0. The van der Waals surface area contributed by atoms with Gasteiger partial charge >= 0.3 is 6.03 Å². The van der Waals surface area contributed by atoms with Crippen LogP contribution in [0.2, 0.25) is 0 Å². The number of nitriles is 1. The van der Waals surface area contributed by atoms with E-state index < -0.39 is 0 Å². The first kappa shape index (κ1) is 16.3. The molecule has 0 aliphatic carbocycles. The lowest BCUT2D eigenvalue weighted by molar-refractivity contribution is 0.159. The van der Waals surface area contributed by atoms with Gasteiger partial charge in [0.05, 0.1) is 11.6 Å². The topological polar surface area (TPSA) is 68.2 Å². The lowest BCUT2D eigenvalue weighted by atomic mass is 10.0. The van der Waals surface area contributed by atoms with Crippen LogP contribution in [0.1, 0.15) is 38.2 Å². The largest absolute Gasteiger partial charge is 0.338 e. The Hall–Kier alpha value is -2.06. The first-order valence-corrected chi connectivity index (χ1v) is 7.98. The van der Waals surface area contributed by atoms with Crippen LogP contribution in [-0.2, 0) is 0 Å². The summed E-state index contributed by atoms with van der Waals surface area (Å²) < 4.78 is 0. The molecule has 1 aromatic rings. The Morgan fingerprint density at radius 1 is 1.36 bits per heavy atom. The number of hydrogen-bond acceptors (Lipinski definition) is 3. The van der Waals surface area contributed by atoms with Crippen LogP contribution in [0.25, 0.3) is 0 Å². The van der Waals surface area contributed by atoms with E-state index in [0.29, 0.717) is 23.8 Å². The SMILES string of the molecule is C[C@H]1CCCCN1CCCNC(=O)Nc1ccc(C#N)cc1. The number of amides is 2. The summed E-state index contributed by atoms with van der Waals surface area (Å²) in [5.74, 6) is 0. The number of nitrogens with one attached hydrogen (secondary N) is 2. The molecule has 5 nitrogen and oxygen atoms in total. The monoisotopic (exact) mass is 300 g/mol. The fourth-order valence-corrected chi connectivity index (χ4v) is 2.78. The van der Waals surface area contributed by atoms with Crippen LogP contribution in [0.5, 0.6) is 0 Å². The molecule has 0 aromatic heterocycles. The fraction of sp³-hybridized carbons (Fsp3) is 0.529. The zero-order chi connectivity index (χ0) is 15.8. The molecule has 1 aromatic carbocycles. The molecule has 5 heteroatoms. The minimum absolute atomic E-state index is 0.198. The number of benzene rings is 1. The van der Waals surface area contributed by atoms with Gasteiger partial charge in [0.25, 0.3) is 0 Å². The molecule has 0 saturated carbocycles. The Labute approximate surface area is 132 Å². The van der Waals surface area contributed by atoms with Crippen molar-refractivity contribution >= 4 is 11.7 Å². The van der Waals surface area contributed by atoms with Crippen LogP contribution in [-0.4, -0.2) is 36.6 Å². The number of anilines is 1. The summed E-state index contributed by atoms with van der Waals surface area (Å²) in [5, 5.41) is 14.4. The molecule has 22 heavy (non-hydrogen) atoms. The zero-order valence-corrected chi connectivity index (χ0v) is 13.1. The summed E-state index contributed by atoms with van der Waals surface area (Å²) >= 11 is 0. The molecule has 0 bridgehead atoms. The van der Waals surface area contributed by atoms with E-state index in [1.807, 2.05) is 0 Å². The van der Waals surface area contributed by atoms with E-state index in [1.54, 1.807) is 24.3 Å². The molecule has 1 saturated heterocycles. The highest BCUT2D eigenvalue weighted by Gasteiger charge is 2.17. The molecule has 2 amide bonds. The van der Waals surface area contributed by atoms with Crippen molar-refractivity contribution in [3.63, 3.8) is 0 Å². The highest BCUT2D eigenvalue weighted by Crippen LogP contribution is 2.16. The van der Waals surface area contributed by atoms with E-state index >= 15 is 0 Å². The fourth-order valence-electron chi connectivity index (χ4n) is 2.78. The second kappa shape index (κ2) is 8.40. The zero-order valence-electron chi connectivity index (χ0n) is 13.1. The molecule has 1 aliphatic heterocycles. The quantitative estimate of drug-likeness (QED) is 0.822. The minimum atomic E-state index is -0.198. The molecule has 1 heterocycles. The van der Waals surface area contributed by atoms with Crippen LogP contribution in [0.3, 0.4) is 0 Å². The van der Waals surface area contributed by atoms with E-state index in [2.05, 4.69) is 28.5 Å². The maximum absolute atomic E-state index is 11.8. The van der Waals surface area contributed by atoms with Crippen molar-refractivity contribution in [2.24, 2.45) is 0 Å². The summed E-state index contributed by atoms with van der Waals surface area (Å²) in [6, 6.07) is 9.36. The van der Waals surface area contributed by atoms with Gasteiger partial charge in [-0.3, -0.25) is 0 Å². The number of carbonyl (C=O) groups excluding carboxylic acids is 1. The Morgan fingerprint density at radius 2 is 2.14 bits per heavy atom. The number of piperidine rings is 1. The maximum atomic E-state index is 11.8. The van der Waals surface area contributed by atoms with E-state index in [9.17, 15) is 4.79 Å². The van der Waals surface area contributed by atoms with Crippen LogP contribution in [0.15, 0.2) is 24.3 Å². The van der Waals surface area contributed by atoms with Crippen LogP contribution in [0, 0.1) is 11.3 Å². The van der Waals surface area contributed by atoms with Gasteiger partial charge in [-0.25, -0.2) is 4.79 Å². The van der Waals surface area contributed by atoms with Crippen molar-refractivity contribution in [3.05, 3.63) is 29.8 Å². The maximum Gasteiger partial charge on any atom is 0.319 e. The van der Waals surface area contributed by atoms with Crippen LogP contribution < -0.4 is 10.6 Å². The Kier molecular flexibility index (Phi) is 6.23. The van der Waals surface area contributed by atoms with Crippen LogP contribution >= 0.6 is 0 Å². The number of nitrogens with zero attached hydrogens (tertiary/aromatic N) is 2. The van der Waals surface area contributed by atoms with E-state index in [4.69, 9.17) is 5.26 Å². The molecule has 2 N–H and O–H groups in total. The molecule has 118 valence electrons. The number of carbonyl (C=O) groups is 1. The summed E-state index contributed by atoms with van der Waals surface area (Å²) in [6.07, 6.45) is 4.87. The smallest absolute Gasteiger partial charge is 0.319 e. The summed E-state index contributed by atoms with van der Waals surface area (Å²) in [6.45, 7) is 5.17. The van der Waals surface area contributed by atoms with Gasteiger partial charge in [-0.05, 0) is 57.0 Å². The van der Waals surface area contributed by atoms with Crippen molar-refractivity contribution in [1.29, 1.82) is 5.26 Å². The Morgan fingerprint density at radius 3 is 2.82 bits per heavy atom. The van der Waals surface area contributed by atoms with Gasteiger partial charge in [0, 0.05) is 24.8 Å². The third-order valence-corrected chi connectivity index (χ3v) is 4.12. The van der Waals surface area contributed by atoms with Crippen LogP contribution in [0.4, 0.5) is 10.5 Å². The van der Waals surface area contributed by atoms with Gasteiger partial charge in [0.2, 0.25) is 0 Å². The third-order valence-electron chi connectivity index (χ3n) is 4.12. The average Bonchev–Trinajstić information content (AvgIpc) is 2.54. The molecular weight excluding hydrogens is 276 g/mol. The predicted molar refractivity (Wildman–Crippen MR) is 87.7 cm³/mol. The van der Waals surface area contributed by atoms with E-state index in [0.717, 1.165) is 13.0 Å². The molecular formula is C17H24N4O. The van der Waals surface area contributed by atoms with Crippen molar-refractivity contribution in [2.75, 3.05) is 25.0 Å². The minimum Gasteiger partial charge on any atom is -0.338 e. The molecule has 1 aliphatic rings. The number of urea groups is 1. The highest BCUT2D eigenvalue weighted by atomic mass is 16.2. The van der Waals surface area contributed by atoms with Gasteiger partial charge in [-0.15, -0.1) is 0 Å². The summed E-state index contributed by atoms with van der Waals surface area (Å²) in [5.41, 5.74) is 1.28. The Balaban J connectivity index is 1.64. The van der Waals surface area contributed by atoms with Gasteiger partial charge in [0.1, 0.15) is 0 Å². The molecule has 1 atom stereocenters. The summed E-state index contributed by atoms with van der Waals surface area (Å²) in [4.78, 5) is 14.3. The van der Waals surface area contributed by atoms with E-state index in [-0.39, 0.29) is 6.03 Å². The second-order valence-electron chi connectivity index (χ2n) is 5.80. The first-order valence-electron chi connectivity index (χ1n) is 7.98. The number of rotatable bonds is 5. The molecule has 0 radical (unpaired) electrons. The molecule has 0 unspecified atom stereocenters. The number of likely N-dealkylation sites (tertiary alicyclic amines) is 1. The van der Waals surface area contributed by atoms with Gasteiger partial charge in [0.15, 0.2) is 0 Å². The number of hydrogen-bond donors (Lipinski definition) is 2. The van der Waals surface area contributed by atoms with Crippen molar-refractivity contribution in [3.8, 4) is 6.07 Å². The van der Waals surface area contributed by atoms with Gasteiger partial charge < -0.3 is 15.5 Å². The van der Waals surface area contributed by atoms with Gasteiger partial charge in [-0.2, -0.15) is 5.26 Å². The lowest BCUT2D eigenvalue weighted by Crippen LogP contribution is -2.39. The molecule has 2 rings (SSSR count). The normalized spacial score (nSPS) is 18.5. The third kappa shape index (κ3) is 5.05. The molecule has 0 spiro atoms. The standard InChI is InChI=1S/C17H24N4O/c1-14-5-2-3-11-21(14)12-4-10-19-17(22)20-16-8-6-15(13-18)7-9-16/h6-9,14H,2-5,10-12H2,1H3,(H2,19,20,22)/t14-/m0/s1. The predicted octanol–water partition coefficient (Wildman–Crippen LogP) is 2.94. The van der Waals surface area contributed by atoms with Crippen molar-refractivity contribution in [2.45, 2.75) is 38.6 Å². The molecule has 1 fully saturated rings.